The molecule has 0 spiro atoms. The SMILES string of the molecule is CC(C)(C(=O)Nc1ccc(CC[C@H]2COC(N)=N2)cc1)c1ccc(Cl)cc1.COC(C(=O)Nc1ccc(CC[C@H]2COC(N)=N2)cc1)c1ccc(Br)cc1. The van der Waals surface area contributed by atoms with Crippen LogP contribution in [0.25, 0.3) is 0 Å². The first-order valence-electron chi connectivity index (χ1n) is 17.7. The van der Waals surface area contributed by atoms with E-state index in [-0.39, 0.29) is 35.9 Å². The van der Waals surface area contributed by atoms with Gasteiger partial charge in [0.15, 0.2) is 6.10 Å². The van der Waals surface area contributed by atoms with Crippen LogP contribution in [-0.2, 0) is 42.1 Å². The highest BCUT2D eigenvalue weighted by Crippen LogP contribution is 2.27. The zero-order chi connectivity index (χ0) is 38.7. The van der Waals surface area contributed by atoms with E-state index in [0.717, 1.165) is 52.7 Å². The monoisotopic (exact) mass is 816 g/mol. The number of rotatable bonds is 13. The number of hydrogen-bond donors (Lipinski definition) is 4. The second-order valence-electron chi connectivity index (χ2n) is 13.6. The van der Waals surface area contributed by atoms with Crippen LogP contribution in [0.15, 0.2) is 112 Å². The summed E-state index contributed by atoms with van der Waals surface area (Å²) in [5.74, 6) is -0.272. The summed E-state index contributed by atoms with van der Waals surface area (Å²) in [5.41, 5.74) is 16.0. The summed E-state index contributed by atoms with van der Waals surface area (Å²) in [4.78, 5) is 33.8. The lowest BCUT2D eigenvalue weighted by Crippen LogP contribution is -2.34. The van der Waals surface area contributed by atoms with Gasteiger partial charge < -0.3 is 36.3 Å². The molecule has 2 heterocycles. The number of nitrogens with two attached hydrogens (primary N) is 2. The molecule has 2 amide bonds. The molecule has 0 aromatic heterocycles. The average molecular weight is 818 g/mol. The van der Waals surface area contributed by atoms with E-state index in [1.165, 1.54) is 18.2 Å². The number of methoxy groups -OCH3 is 1. The molecule has 4 aromatic rings. The Bertz CT molecular complexity index is 1920. The summed E-state index contributed by atoms with van der Waals surface area (Å²) >= 11 is 9.33. The molecule has 1 unspecified atom stereocenters. The molecule has 0 aliphatic carbocycles. The molecule has 2 aliphatic heterocycles. The predicted molar refractivity (Wildman–Crippen MR) is 218 cm³/mol. The normalized spacial score (nSPS) is 16.8. The van der Waals surface area contributed by atoms with Gasteiger partial charge in [-0.3, -0.25) is 9.59 Å². The molecule has 13 heteroatoms. The van der Waals surface area contributed by atoms with Crippen molar-refractivity contribution >= 4 is 62.8 Å². The summed E-state index contributed by atoms with van der Waals surface area (Å²) in [7, 11) is 1.53. The van der Waals surface area contributed by atoms with Crippen LogP contribution in [0.5, 0.6) is 0 Å². The van der Waals surface area contributed by atoms with Crippen LogP contribution in [0.3, 0.4) is 0 Å². The van der Waals surface area contributed by atoms with Gasteiger partial charge in [-0.15, -0.1) is 0 Å². The number of halogens is 2. The molecule has 0 bridgehead atoms. The number of hydrogen-bond acceptors (Lipinski definition) is 9. The fourth-order valence-corrected chi connectivity index (χ4v) is 6.26. The number of carbonyl (C=O) groups is 2. The molecule has 11 nitrogen and oxygen atoms in total. The van der Waals surface area contributed by atoms with E-state index in [2.05, 4.69) is 36.5 Å². The molecule has 284 valence electrons. The Morgan fingerprint density at radius 2 is 1.28 bits per heavy atom. The van der Waals surface area contributed by atoms with Gasteiger partial charge in [-0.2, -0.15) is 0 Å². The van der Waals surface area contributed by atoms with Crippen molar-refractivity contribution in [3.8, 4) is 0 Å². The minimum atomic E-state index is -0.663. The van der Waals surface area contributed by atoms with Crippen molar-refractivity contribution in [1.29, 1.82) is 0 Å². The molecule has 6 rings (SSSR count). The minimum absolute atomic E-state index is 0.0644. The number of anilines is 2. The molecular formula is C41H46BrClN6O5. The Balaban J connectivity index is 0.000000208. The van der Waals surface area contributed by atoms with E-state index in [1.54, 1.807) is 12.1 Å². The Morgan fingerprint density at radius 3 is 1.72 bits per heavy atom. The first-order chi connectivity index (χ1) is 25.9. The quantitative estimate of drug-likeness (QED) is 0.110. The van der Waals surface area contributed by atoms with Crippen LogP contribution in [0, 0.1) is 0 Å². The van der Waals surface area contributed by atoms with E-state index in [9.17, 15) is 9.59 Å². The lowest BCUT2D eigenvalue weighted by molar-refractivity contribution is -0.126. The van der Waals surface area contributed by atoms with Crippen molar-refractivity contribution in [2.75, 3.05) is 31.0 Å². The number of nitrogens with one attached hydrogen (secondary N) is 2. The fraction of sp³-hybridized carbons (Fsp3) is 0.317. The van der Waals surface area contributed by atoms with Gasteiger partial charge in [0, 0.05) is 28.0 Å². The lowest BCUT2D eigenvalue weighted by atomic mass is 9.83. The van der Waals surface area contributed by atoms with Gasteiger partial charge in [-0.1, -0.05) is 76.1 Å². The van der Waals surface area contributed by atoms with Gasteiger partial charge in [-0.05, 0) is 110 Å². The summed E-state index contributed by atoms with van der Waals surface area (Å²) in [6, 6.07) is 31.3. The van der Waals surface area contributed by atoms with E-state index < -0.39 is 11.5 Å². The molecule has 0 saturated heterocycles. The van der Waals surface area contributed by atoms with Gasteiger partial charge in [-0.25, -0.2) is 9.98 Å². The number of carbonyl (C=O) groups excluding carboxylic acids is 2. The lowest BCUT2D eigenvalue weighted by Gasteiger charge is -2.24. The summed E-state index contributed by atoms with van der Waals surface area (Å²) in [6.45, 7) is 4.90. The van der Waals surface area contributed by atoms with Crippen molar-refractivity contribution in [2.24, 2.45) is 21.5 Å². The second kappa shape index (κ2) is 18.9. The van der Waals surface area contributed by atoms with Crippen LogP contribution in [0.1, 0.15) is 55.0 Å². The van der Waals surface area contributed by atoms with E-state index in [4.69, 9.17) is 37.3 Å². The third-order valence-electron chi connectivity index (χ3n) is 9.21. The van der Waals surface area contributed by atoms with E-state index in [1.807, 2.05) is 98.8 Å². The molecular weight excluding hydrogens is 772 g/mol. The second-order valence-corrected chi connectivity index (χ2v) is 14.9. The first kappa shape index (κ1) is 40.3. The number of amidine groups is 2. The number of aliphatic imine (C=N–C) groups is 2. The van der Waals surface area contributed by atoms with Crippen molar-refractivity contribution in [2.45, 2.75) is 63.1 Å². The highest BCUT2D eigenvalue weighted by atomic mass is 79.9. The number of amides is 2. The van der Waals surface area contributed by atoms with Crippen LogP contribution in [-0.4, -0.2) is 56.3 Å². The van der Waals surface area contributed by atoms with Gasteiger partial charge >= 0.3 is 0 Å². The van der Waals surface area contributed by atoms with Crippen molar-refractivity contribution in [3.05, 3.63) is 129 Å². The molecule has 3 atom stereocenters. The van der Waals surface area contributed by atoms with Crippen LogP contribution in [0.4, 0.5) is 11.4 Å². The fourth-order valence-electron chi connectivity index (χ4n) is 5.87. The molecule has 2 aliphatic rings. The minimum Gasteiger partial charge on any atom is -0.463 e. The van der Waals surface area contributed by atoms with Crippen LogP contribution in [0.2, 0.25) is 5.02 Å². The molecule has 54 heavy (non-hydrogen) atoms. The predicted octanol–water partition coefficient (Wildman–Crippen LogP) is 7.32. The molecule has 0 fully saturated rings. The Kier molecular flexibility index (Phi) is 14.1. The molecule has 6 N–H and O–H groups in total. The smallest absolute Gasteiger partial charge is 0.282 e. The van der Waals surface area contributed by atoms with Crippen molar-refractivity contribution in [1.82, 2.24) is 0 Å². The number of benzene rings is 4. The van der Waals surface area contributed by atoms with Gasteiger partial charge in [0.25, 0.3) is 18.0 Å². The van der Waals surface area contributed by atoms with Crippen molar-refractivity contribution < 1.29 is 23.8 Å². The van der Waals surface area contributed by atoms with Gasteiger partial charge in [0.1, 0.15) is 13.2 Å². The van der Waals surface area contributed by atoms with E-state index >= 15 is 0 Å². The summed E-state index contributed by atoms with van der Waals surface area (Å²) in [5, 5.41) is 6.55. The molecule has 0 saturated carbocycles. The number of nitrogens with zero attached hydrogens (tertiary/aromatic N) is 2. The standard InChI is InChI=1S/C21H24ClN3O2.C20H22BrN3O3/c1-21(2,15-6-8-16(22)9-7-15)19(26)24-17-10-3-14(4-11-17)5-12-18-13-27-20(23)25-18;1-26-18(14-5-7-15(21)8-6-14)19(25)23-16-9-2-13(3-10-16)4-11-17-12-27-20(22)24-17/h3-4,6-11,18H,5,12-13H2,1-2H3,(H2,23,25)(H,24,26);2-3,5-10,17-18H,4,11-12H2,1H3,(H2,22,24)(H,23,25)/t18-;17-,18?/m00/s1. The maximum atomic E-state index is 12.8. The highest BCUT2D eigenvalue weighted by molar-refractivity contribution is 9.10. The van der Waals surface area contributed by atoms with Crippen LogP contribution < -0.4 is 22.1 Å². The molecule has 0 radical (unpaired) electrons. The third-order valence-corrected chi connectivity index (χ3v) is 9.99. The molecule has 4 aromatic carbocycles. The number of ether oxygens (including phenoxy) is 3. The maximum Gasteiger partial charge on any atom is 0.282 e. The Labute approximate surface area is 329 Å². The zero-order valence-corrected chi connectivity index (χ0v) is 32.9. The van der Waals surface area contributed by atoms with Crippen molar-refractivity contribution in [3.63, 3.8) is 0 Å². The topological polar surface area (TPSA) is 163 Å². The Morgan fingerprint density at radius 1 is 0.796 bits per heavy atom. The van der Waals surface area contributed by atoms with Gasteiger partial charge in [0.2, 0.25) is 5.91 Å². The van der Waals surface area contributed by atoms with Crippen LogP contribution >= 0.6 is 27.5 Å². The highest BCUT2D eigenvalue weighted by Gasteiger charge is 2.30. The average Bonchev–Trinajstić information content (AvgIpc) is 3.79. The van der Waals surface area contributed by atoms with E-state index in [0.29, 0.717) is 18.2 Å². The third kappa shape index (κ3) is 11.5. The first-order valence-corrected chi connectivity index (χ1v) is 18.8. The Hall–Kier alpha value is -4.91. The zero-order valence-electron chi connectivity index (χ0n) is 30.6. The summed E-state index contributed by atoms with van der Waals surface area (Å²) in [6.07, 6.45) is 2.86. The summed E-state index contributed by atoms with van der Waals surface area (Å²) < 4.78 is 16.7. The van der Waals surface area contributed by atoms with Gasteiger partial charge in [0.05, 0.1) is 17.5 Å². The largest absolute Gasteiger partial charge is 0.463 e. The maximum absolute atomic E-state index is 12.8. The number of aryl methyl sites for hydroxylation is 2.